The Morgan fingerprint density at radius 1 is 1.17 bits per heavy atom. The second-order valence-electron chi connectivity index (χ2n) is 6.14. The summed E-state index contributed by atoms with van der Waals surface area (Å²) in [5.41, 5.74) is 0.603. The van der Waals surface area contributed by atoms with Crippen molar-refractivity contribution in [1.82, 2.24) is 9.88 Å². The van der Waals surface area contributed by atoms with Crippen LogP contribution in [0.1, 0.15) is 36.0 Å². The van der Waals surface area contributed by atoms with Crippen molar-refractivity contribution >= 4 is 5.91 Å². The Morgan fingerprint density at radius 2 is 1.91 bits per heavy atom. The van der Waals surface area contributed by atoms with Crippen molar-refractivity contribution in [3.63, 3.8) is 0 Å². The van der Waals surface area contributed by atoms with Crippen LogP contribution in [0, 0.1) is 5.92 Å². The Labute approximate surface area is 137 Å². The number of para-hydroxylation sites is 1. The molecule has 3 rings (SSSR count). The van der Waals surface area contributed by atoms with Crippen LogP contribution in [-0.4, -0.2) is 29.4 Å². The van der Waals surface area contributed by atoms with E-state index in [2.05, 4.69) is 4.98 Å². The number of carbonyl (C=O) groups excluding carboxylic acids is 1. The summed E-state index contributed by atoms with van der Waals surface area (Å²) in [6.45, 7) is 0.834. The minimum absolute atomic E-state index is 0.0238. The first kappa shape index (κ1) is 15.5. The van der Waals surface area contributed by atoms with Crippen LogP contribution in [0.4, 0.5) is 0 Å². The third kappa shape index (κ3) is 4.09. The minimum Gasteiger partial charge on any atom is -0.439 e. The molecule has 0 spiro atoms. The maximum absolute atomic E-state index is 12.4. The number of hydrogen-bond acceptors (Lipinski definition) is 3. The van der Waals surface area contributed by atoms with Gasteiger partial charge in [0.05, 0.1) is 5.56 Å². The van der Waals surface area contributed by atoms with Crippen molar-refractivity contribution in [1.29, 1.82) is 0 Å². The average Bonchev–Trinajstić information content (AvgIpc) is 3.09. The summed E-state index contributed by atoms with van der Waals surface area (Å²) in [7, 11) is 1.87. The van der Waals surface area contributed by atoms with Crippen LogP contribution in [0.15, 0.2) is 48.7 Å². The molecule has 0 unspecified atom stereocenters. The zero-order valence-electron chi connectivity index (χ0n) is 13.4. The fourth-order valence-corrected chi connectivity index (χ4v) is 3.06. The van der Waals surface area contributed by atoms with Crippen molar-refractivity contribution < 1.29 is 9.53 Å². The number of benzene rings is 1. The van der Waals surface area contributed by atoms with Gasteiger partial charge in [-0.05, 0) is 37.0 Å². The van der Waals surface area contributed by atoms with Gasteiger partial charge in [0.25, 0.3) is 5.91 Å². The molecule has 0 bridgehead atoms. The van der Waals surface area contributed by atoms with E-state index in [-0.39, 0.29) is 5.91 Å². The summed E-state index contributed by atoms with van der Waals surface area (Å²) < 4.78 is 5.65. The maximum atomic E-state index is 12.4. The summed E-state index contributed by atoms with van der Waals surface area (Å²) in [4.78, 5) is 18.5. The molecule has 1 aromatic carbocycles. The Morgan fingerprint density at radius 3 is 2.57 bits per heavy atom. The predicted molar refractivity (Wildman–Crippen MR) is 89.7 cm³/mol. The number of rotatable bonds is 5. The standard InChI is InChI=1S/C19H22N2O2/c1-21(14-15-7-5-6-8-15)19(22)16-11-12-18(20-13-16)23-17-9-3-2-4-10-17/h2-4,9-13,15H,5-8,14H2,1H3. The molecule has 0 atom stereocenters. The van der Waals surface area contributed by atoms with E-state index in [0.717, 1.165) is 12.3 Å². The number of ether oxygens (including phenoxy) is 1. The monoisotopic (exact) mass is 310 g/mol. The van der Waals surface area contributed by atoms with E-state index in [4.69, 9.17) is 4.74 Å². The third-order valence-corrected chi connectivity index (χ3v) is 4.30. The lowest BCUT2D eigenvalue weighted by Crippen LogP contribution is -2.31. The second kappa shape index (κ2) is 7.27. The molecule has 1 amide bonds. The van der Waals surface area contributed by atoms with Crippen molar-refractivity contribution in [2.45, 2.75) is 25.7 Å². The van der Waals surface area contributed by atoms with Gasteiger partial charge in [0.15, 0.2) is 0 Å². The fourth-order valence-electron chi connectivity index (χ4n) is 3.06. The molecular weight excluding hydrogens is 288 g/mol. The number of pyridine rings is 1. The lowest BCUT2D eigenvalue weighted by Gasteiger charge is -2.21. The topological polar surface area (TPSA) is 42.4 Å². The highest BCUT2D eigenvalue weighted by Crippen LogP contribution is 2.25. The van der Waals surface area contributed by atoms with E-state index in [1.54, 1.807) is 18.3 Å². The fraction of sp³-hybridized carbons (Fsp3) is 0.368. The van der Waals surface area contributed by atoms with Crippen LogP contribution in [0.2, 0.25) is 0 Å². The minimum atomic E-state index is 0.0238. The van der Waals surface area contributed by atoms with Crippen LogP contribution in [-0.2, 0) is 0 Å². The quantitative estimate of drug-likeness (QED) is 0.833. The molecule has 120 valence electrons. The van der Waals surface area contributed by atoms with E-state index in [1.165, 1.54) is 25.7 Å². The van der Waals surface area contributed by atoms with Crippen LogP contribution < -0.4 is 4.74 Å². The molecule has 1 saturated carbocycles. The molecule has 0 radical (unpaired) electrons. The van der Waals surface area contributed by atoms with Gasteiger partial charge in [0, 0.05) is 25.9 Å². The van der Waals surface area contributed by atoms with E-state index in [9.17, 15) is 4.79 Å². The normalized spacial score (nSPS) is 14.7. The summed E-state index contributed by atoms with van der Waals surface area (Å²) >= 11 is 0. The summed E-state index contributed by atoms with van der Waals surface area (Å²) in [5, 5.41) is 0. The molecule has 1 fully saturated rings. The summed E-state index contributed by atoms with van der Waals surface area (Å²) in [6, 6.07) is 13.0. The molecule has 1 aromatic heterocycles. The number of amides is 1. The van der Waals surface area contributed by atoms with Gasteiger partial charge in [0.2, 0.25) is 5.88 Å². The zero-order chi connectivity index (χ0) is 16.1. The first-order valence-corrected chi connectivity index (χ1v) is 8.17. The van der Waals surface area contributed by atoms with Gasteiger partial charge in [-0.25, -0.2) is 4.98 Å². The first-order valence-electron chi connectivity index (χ1n) is 8.17. The van der Waals surface area contributed by atoms with Gasteiger partial charge in [-0.15, -0.1) is 0 Å². The molecule has 0 saturated heterocycles. The average molecular weight is 310 g/mol. The smallest absolute Gasteiger partial charge is 0.255 e. The molecule has 4 heteroatoms. The predicted octanol–water partition coefficient (Wildman–Crippen LogP) is 4.14. The van der Waals surface area contributed by atoms with Gasteiger partial charge >= 0.3 is 0 Å². The van der Waals surface area contributed by atoms with Crippen molar-refractivity contribution in [2.24, 2.45) is 5.92 Å². The lowest BCUT2D eigenvalue weighted by atomic mass is 10.1. The van der Waals surface area contributed by atoms with Crippen LogP contribution in [0.25, 0.3) is 0 Å². The van der Waals surface area contributed by atoms with Gasteiger partial charge in [-0.3, -0.25) is 4.79 Å². The van der Waals surface area contributed by atoms with Crippen molar-refractivity contribution in [3.8, 4) is 11.6 Å². The molecule has 1 aliphatic rings. The van der Waals surface area contributed by atoms with Gasteiger partial charge < -0.3 is 9.64 Å². The van der Waals surface area contributed by atoms with Crippen LogP contribution in [0.3, 0.4) is 0 Å². The van der Waals surface area contributed by atoms with Crippen LogP contribution in [0.5, 0.6) is 11.6 Å². The molecule has 23 heavy (non-hydrogen) atoms. The number of aromatic nitrogens is 1. The third-order valence-electron chi connectivity index (χ3n) is 4.30. The Kier molecular flexibility index (Phi) is 4.91. The molecule has 0 aliphatic heterocycles. The Balaban J connectivity index is 1.60. The maximum Gasteiger partial charge on any atom is 0.255 e. The number of carbonyl (C=O) groups is 1. The van der Waals surface area contributed by atoms with E-state index < -0.39 is 0 Å². The first-order chi connectivity index (χ1) is 11.2. The van der Waals surface area contributed by atoms with Crippen molar-refractivity contribution in [2.75, 3.05) is 13.6 Å². The second-order valence-corrected chi connectivity index (χ2v) is 6.14. The van der Waals surface area contributed by atoms with Crippen molar-refractivity contribution in [3.05, 3.63) is 54.2 Å². The largest absolute Gasteiger partial charge is 0.439 e. The van der Waals surface area contributed by atoms with E-state index in [0.29, 0.717) is 17.4 Å². The molecule has 1 heterocycles. The highest BCUT2D eigenvalue weighted by Gasteiger charge is 2.20. The summed E-state index contributed by atoms with van der Waals surface area (Å²) in [6.07, 6.45) is 6.64. The Hall–Kier alpha value is -2.36. The number of hydrogen-bond donors (Lipinski definition) is 0. The van der Waals surface area contributed by atoms with E-state index in [1.807, 2.05) is 42.3 Å². The van der Waals surface area contributed by atoms with Gasteiger partial charge in [-0.1, -0.05) is 31.0 Å². The molecule has 0 N–H and O–H groups in total. The lowest BCUT2D eigenvalue weighted by molar-refractivity contribution is 0.0773. The number of nitrogens with zero attached hydrogens (tertiary/aromatic N) is 2. The zero-order valence-corrected chi connectivity index (χ0v) is 13.4. The summed E-state index contributed by atoms with van der Waals surface area (Å²) in [5.74, 6) is 1.90. The Bertz CT molecular complexity index is 634. The SMILES string of the molecule is CN(CC1CCCC1)C(=O)c1ccc(Oc2ccccc2)nc1. The molecular formula is C19H22N2O2. The molecule has 4 nitrogen and oxygen atoms in total. The highest BCUT2D eigenvalue weighted by molar-refractivity contribution is 5.93. The molecule has 2 aromatic rings. The van der Waals surface area contributed by atoms with Gasteiger partial charge in [-0.2, -0.15) is 0 Å². The highest BCUT2D eigenvalue weighted by atomic mass is 16.5. The van der Waals surface area contributed by atoms with Crippen LogP contribution >= 0.6 is 0 Å². The molecule has 1 aliphatic carbocycles. The van der Waals surface area contributed by atoms with E-state index >= 15 is 0 Å². The van der Waals surface area contributed by atoms with Gasteiger partial charge in [0.1, 0.15) is 5.75 Å².